The van der Waals surface area contributed by atoms with E-state index in [2.05, 4.69) is 11.4 Å². The Kier molecular flexibility index (Phi) is 5.47. The molecule has 114 valence electrons. The average Bonchev–Trinajstić information content (AvgIpc) is 2.79. The van der Waals surface area contributed by atoms with Crippen LogP contribution in [-0.2, 0) is 4.79 Å². The third kappa shape index (κ3) is 3.81. The van der Waals surface area contributed by atoms with Gasteiger partial charge in [-0.25, -0.2) is 0 Å². The van der Waals surface area contributed by atoms with Crippen LogP contribution in [0.1, 0.15) is 16.0 Å². The lowest BCUT2D eigenvalue weighted by Gasteiger charge is -2.05. The summed E-state index contributed by atoms with van der Waals surface area (Å²) in [6.45, 7) is 3.84. The summed E-state index contributed by atoms with van der Waals surface area (Å²) in [5.74, 6) is 0.975. The third-order valence-corrected chi connectivity index (χ3v) is 5.31. The van der Waals surface area contributed by atoms with E-state index < -0.39 is 0 Å². The van der Waals surface area contributed by atoms with Gasteiger partial charge >= 0.3 is 0 Å². The highest BCUT2D eigenvalue weighted by Gasteiger charge is 2.14. The maximum Gasteiger partial charge on any atom is 0.235 e. The van der Waals surface area contributed by atoms with Crippen LogP contribution in [0.5, 0.6) is 5.75 Å². The van der Waals surface area contributed by atoms with Gasteiger partial charge in [-0.2, -0.15) is 5.26 Å². The Bertz CT molecular complexity index is 715. The Labute approximate surface area is 138 Å². The number of amides is 1. The van der Waals surface area contributed by atoms with Crippen molar-refractivity contribution < 1.29 is 9.53 Å². The molecule has 0 spiro atoms. The molecule has 0 saturated carbocycles. The van der Waals surface area contributed by atoms with Gasteiger partial charge in [-0.3, -0.25) is 4.79 Å². The second-order valence-electron chi connectivity index (χ2n) is 4.61. The number of nitrogens with one attached hydrogen (secondary N) is 1. The number of anilines is 1. The summed E-state index contributed by atoms with van der Waals surface area (Å²) in [5, 5.41) is 12.6. The number of nitriles is 1. The first-order valence-electron chi connectivity index (χ1n) is 6.62. The number of ether oxygens (including phenoxy) is 1. The lowest BCUT2D eigenvalue weighted by Crippen LogP contribution is -2.13. The van der Waals surface area contributed by atoms with E-state index in [-0.39, 0.29) is 5.91 Å². The van der Waals surface area contributed by atoms with Crippen molar-refractivity contribution in [1.29, 1.82) is 5.26 Å². The van der Waals surface area contributed by atoms with Crippen molar-refractivity contribution in [3.05, 3.63) is 40.3 Å². The fraction of sp³-hybridized carbons (Fsp3) is 0.250. The molecule has 4 nitrogen and oxygen atoms in total. The van der Waals surface area contributed by atoms with Crippen molar-refractivity contribution in [2.45, 2.75) is 18.7 Å². The van der Waals surface area contributed by atoms with Crippen LogP contribution in [-0.4, -0.2) is 18.8 Å². The van der Waals surface area contributed by atoms with Crippen molar-refractivity contribution >= 4 is 34.0 Å². The molecule has 6 heteroatoms. The molecule has 0 radical (unpaired) electrons. The fourth-order valence-electron chi connectivity index (χ4n) is 1.83. The highest BCUT2D eigenvalue weighted by molar-refractivity contribution is 8.00. The van der Waals surface area contributed by atoms with Crippen molar-refractivity contribution in [1.82, 2.24) is 0 Å². The predicted octanol–water partition coefficient (Wildman–Crippen LogP) is 3.98. The monoisotopic (exact) mass is 332 g/mol. The molecule has 2 aromatic rings. The molecular formula is C16H16N2O2S2. The number of carbonyl (C=O) groups excluding carboxylic acids is 1. The molecule has 1 heterocycles. The van der Waals surface area contributed by atoms with Crippen LogP contribution in [0, 0.1) is 25.2 Å². The molecule has 0 aliphatic rings. The number of hydrogen-bond acceptors (Lipinski definition) is 5. The van der Waals surface area contributed by atoms with Crippen molar-refractivity contribution in [2.24, 2.45) is 0 Å². The van der Waals surface area contributed by atoms with Gasteiger partial charge in [0.1, 0.15) is 16.8 Å². The standard InChI is InChI=1S/C16H16N2O2S2/c1-10-11(2)22-16(14(10)8-17)18-15(19)9-21-13-6-4-12(20-3)5-7-13/h4-7H,9H2,1-3H3,(H,18,19). The minimum atomic E-state index is -0.112. The maximum atomic E-state index is 12.0. The minimum absolute atomic E-state index is 0.112. The number of carbonyl (C=O) groups is 1. The van der Waals surface area contributed by atoms with Gasteiger partial charge in [-0.1, -0.05) is 0 Å². The van der Waals surface area contributed by atoms with Crippen LogP contribution >= 0.6 is 23.1 Å². The number of thiophene rings is 1. The molecule has 0 fully saturated rings. The van der Waals surface area contributed by atoms with Crippen LogP contribution < -0.4 is 10.1 Å². The molecule has 0 aliphatic carbocycles. The quantitative estimate of drug-likeness (QED) is 0.841. The normalized spacial score (nSPS) is 10.1. The SMILES string of the molecule is COc1ccc(SCC(=O)Nc2sc(C)c(C)c2C#N)cc1. The molecule has 1 amide bonds. The Hall–Kier alpha value is -1.97. The molecule has 0 saturated heterocycles. The third-order valence-electron chi connectivity index (χ3n) is 3.18. The first kappa shape index (κ1) is 16.4. The largest absolute Gasteiger partial charge is 0.497 e. The van der Waals surface area contributed by atoms with Crippen molar-refractivity contribution in [3.63, 3.8) is 0 Å². The van der Waals surface area contributed by atoms with E-state index in [0.717, 1.165) is 21.1 Å². The van der Waals surface area contributed by atoms with E-state index >= 15 is 0 Å². The van der Waals surface area contributed by atoms with Gasteiger partial charge in [0.05, 0.1) is 18.4 Å². The van der Waals surface area contributed by atoms with Gasteiger partial charge in [0, 0.05) is 9.77 Å². The molecule has 0 unspecified atom stereocenters. The summed E-state index contributed by atoms with van der Waals surface area (Å²) in [7, 11) is 1.62. The predicted molar refractivity (Wildman–Crippen MR) is 90.9 cm³/mol. The first-order chi connectivity index (χ1) is 10.5. The van der Waals surface area contributed by atoms with Gasteiger partial charge in [-0.05, 0) is 43.7 Å². The number of methoxy groups -OCH3 is 1. The summed E-state index contributed by atoms with van der Waals surface area (Å²) in [4.78, 5) is 14.1. The van der Waals surface area contributed by atoms with Gasteiger partial charge in [0.15, 0.2) is 0 Å². The first-order valence-corrected chi connectivity index (χ1v) is 8.42. The van der Waals surface area contributed by atoms with E-state index in [9.17, 15) is 10.1 Å². The summed E-state index contributed by atoms with van der Waals surface area (Å²) in [6.07, 6.45) is 0. The van der Waals surface area contributed by atoms with E-state index in [4.69, 9.17) is 4.74 Å². The van der Waals surface area contributed by atoms with Gasteiger partial charge in [-0.15, -0.1) is 23.1 Å². The van der Waals surface area contributed by atoms with Crippen LogP contribution in [0.4, 0.5) is 5.00 Å². The molecule has 1 aromatic carbocycles. The van der Waals surface area contributed by atoms with Gasteiger partial charge in [0.25, 0.3) is 0 Å². The Morgan fingerprint density at radius 3 is 2.64 bits per heavy atom. The zero-order valence-corrected chi connectivity index (χ0v) is 14.2. The number of aryl methyl sites for hydroxylation is 1. The van der Waals surface area contributed by atoms with E-state index in [1.54, 1.807) is 7.11 Å². The molecule has 22 heavy (non-hydrogen) atoms. The number of thioether (sulfide) groups is 1. The molecule has 0 atom stereocenters. The zero-order chi connectivity index (χ0) is 16.1. The number of benzene rings is 1. The Morgan fingerprint density at radius 1 is 1.36 bits per heavy atom. The van der Waals surface area contributed by atoms with E-state index in [1.165, 1.54) is 23.1 Å². The lowest BCUT2D eigenvalue weighted by molar-refractivity contribution is -0.113. The number of hydrogen-bond donors (Lipinski definition) is 1. The van der Waals surface area contributed by atoms with Gasteiger partial charge in [0.2, 0.25) is 5.91 Å². The van der Waals surface area contributed by atoms with Crippen LogP contribution in [0.3, 0.4) is 0 Å². The van der Waals surface area contributed by atoms with E-state index in [1.807, 2.05) is 38.1 Å². The average molecular weight is 332 g/mol. The zero-order valence-electron chi connectivity index (χ0n) is 12.6. The lowest BCUT2D eigenvalue weighted by atomic mass is 10.2. The highest BCUT2D eigenvalue weighted by Crippen LogP contribution is 2.32. The van der Waals surface area contributed by atoms with Crippen molar-refractivity contribution in [3.8, 4) is 11.8 Å². The molecule has 0 bridgehead atoms. The number of rotatable bonds is 5. The second-order valence-corrected chi connectivity index (χ2v) is 6.89. The molecule has 0 aliphatic heterocycles. The molecule has 2 rings (SSSR count). The van der Waals surface area contributed by atoms with E-state index in [0.29, 0.717) is 16.3 Å². The molecule has 1 N–H and O–H groups in total. The summed E-state index contributed by atoms with van der Waals surface area (Å²) in [6, 6.07) is 9.70. The van der Waals surface area contributed by atoms with Crippen molar-refractivity contribution in [2.75, 3.05) is 18.2 Å². The Balaban J connectivity index is 1.96. The second kappa shape index (κ2) is 7.34. The van der Waals surface area contributed by atoms with Gasteiger partial charge < -0.3 is 10.1 Å². The molecule has 1 aromatic heterocycles. The van der Waals surface area contributed by atoms with Crippen LogP contribution in [0.25, 0.3) is 0 Å². The topological polar surface area (TPSA) is 62.1 Å². The highest BCUT2D eigenvalue weighted by atomic mass is 32.2. The summed E-state index contributed by atoms with van der Waals surface area (Å²) in [5.41, 5.74) is 1.50. The maximum absolute atomic E-state index is 12.0. The van der Waals surface area contributed by atoms with Crippen LogP contribution in [0.15, 0.2) is 29.2 Å². The summed E-state index contributed by atoms with van der Waals surface area (Å²) >= 11 is 2.89. The number of nitrogens with zero attached hydrogens (tertiary/aromatic N) is 1. The fourth-order valence-corrected chi connectivity index (χ4v) is 3.56. The Morgan fingerprint density at radius 2 is 2.05 bits per heavy atom. The molecular weight excluding hydrogens is 316 g/mol. The summed E-state index contributed by atoms with van der Waals surface area (Å²) < 4.78 is 5.10. The minimum Gasteiger partial charge on any atom is -0.497 e. The smallest absolute Gasteiger partial charge is 0.235 e. The van der Waals surface area contributed by atoms with Crippen LogP contribution in [0.2, 0.25) is 0 Å².